The Balaban J connectivity index is 1.75. The zero-order chi connectivity index (χ0) is 18.5. The van der Waals surface area contributed by atoms with E-state index >= 15 is 0 Å². The van der Waals surface area contributed by atoms with Gasteiger partial charge in [0.2, 0.25) is 0 Å². The van der Waals surface area contributed by atoms with Gasteiger partial charge in [0.15, 0.2) is 0 Å². The number of carboxylic acid groups (broad SMARTS) is 1. The van der Waals surface area contributed by atoms with E-state index in [1.807, 2.05) is 0 Å². The topological polar surface area (TPSA) is 97.8 Å². The van der Waals surface area contributed by atoms with Crippen LogP contribution in [0.1, 0.15) is 33.8 Å². The molecule has 0 bridgehead atoms. The highest BCUT2D eigenvalue weighted by Gasteiger charge is 2.18. The molecule has 1 atom stereocenters. The number of nitrogens with zero attached hydrogens (tertiary/aromatic N) is 1. The van der Waals surface area contributed by atoms with E-state index in [0.29, 0.717) is 19.0 Å². The first kappa shape index (κ1) is 17.8. The number of carboxylic acids is 1. The second-order valence-electron chi connectivity index (χ2n) is 5.75. The number of amides is 1. The predicted molar refractivity (Wildman–Crippen MR) is 90.0 cm³/mol. The van der Waals surface area contributed by atoms with Crippen LogP contribution >= 0.6 is 0 Å². The van der Waals surface area contributed by atoms with Gasteiger partial charge in [-0.2, -0.15) is 0 Å². The molecular formula is C18H17FN2O5. The first-order chi connectivity index (χ1) is 12.5. The molecule has 1 fully saturated rings. The van der Waals surface area contributed by atoms with E-state index in [0.717, 1.165) is 18.9 Å². The molecule has 26 heavy (non-hydrogen) atoms. The van der Waals surface area contributed by atoms with E-state index in [1.54, 1.807) is 0 Å². The van der Waals surface area contributed by atoms with Gasteiger partial charge in [0.1, 0.15) is 29.6 Å². The van der Waals surface area contributed by atoms with Crippen molar-refractivity contribution in [3.63, 3.8) is 0 Å². The number of halogens is 1. The maximum absolute atomic E-state index is 13.6. The Labute approximate surface area is 148 Å². The maximum atomic E-state index is 13.6. The summed E-state index contributed by atoms with van der Waals surface area (Å²) in [4.78, 5) is 27.1. The Morgan fingerprint density at radius 2 is 2.12 bits per heavy atom. The third-order valence-corrected chi connectivity index (χ3v) is 3.84. The second kappa shape index (κ2) is 7.92. The minimum atomic E-state index is -1.24. The lowest BCUT2D eigenvalue weighted by atomic mass is 10.2. The number of carbonyl (C=O) groups is 2. The summed E-state index contributed by atoms with van der Waals surface area (Å²) in [5, 5.41) is 11.5. The molecule has 1 aliphatic rings. The number of ether oxygens (including phenoxy) is 2. The Kier molecular flexibility index (Phi) is 5.43. The number of aromatic nitrogens is 1. The van der Waals surface area contributed by atoms with E-state index < -0.39 is 17.7 Å². The average Bonchev–Trinajstić information content (AvgIpc) is 3.14. The van der Waals surface area contributed by atoms with Crippen LogP contribution in [0.15, 0.2) is 36.4 Å². The number of hydrogen-bond donors (Lipinski definition) is 2. The quantitative estimate of drug-likeness (QED) is 0.822. The highest BCUT2D eigenvalue weighted by atomic mass is 19.1. The number of benzene rings is 1. The number of rotatable bonds is 6. The molecule has 7 nitrogen and oxygen atoms in total. The largest absolute Gasteiger partial charge is 0.489 e. The fourth-order valence-corrected chi connectivity index (χ4v) is 2.55. The number of carbonyl (C=O) groups excluding carboxylic acids is 1. The van der Waals surface area contributed by atoms with Crippen LogP contribution in [0.2, 0.25) is 0 Å². The summed E-state index contributed by atoms with van der Waals surface area (Å²) in [7, 11) is 0. The van der Waals surface area contributed by atoms with Crippen molar-refractivity contribution < 1.29 is 28.6 Å². The average molecular weight is 360 g/mol. The molecule has 2 heterocycles. The molecule has 136 valence electrons. The van der Waals surface area contributed by atoms with Crippen molar-refractivity contribution in [2.24, 2.45) is 0 Å². The fourth-order valence-electron chi connectivity index (χ4n) is 2.55. The van der Waals surface area contributed by atoms with Crippen molar-refractivity contribution in [1.29, 1.82) is 0 Å². The molecule has 1 aromatic carbocycles. The molecule has 0 radical (unpaired) electrons. The van der Waals surface area contributed by atoms with Gasteiger partial charge in [-0.3, -0.25) is 4.79 Å². The first-order valence-corrected chi connectivity index (χ1v) is 8.08. The summed E-state index contributed by atoms with van der Waals surface area (Å²) in [5.74, 6) is -2.16. The smallest absolute Gasteiger partial charge is 0.354 e. The molecule has 8 heteroatoms. The van der Waals surface area contributed by atoms with Gasteiger partial charge in [-0.1, -0.05) is 6.07 Å². The third-order valence-electron chi connectivity index (χ3n) is 3.84. The Hall–Kier alpha value is -3.00. The van der Waals surface area contributed by atoms with Gasteiger partial charge in [0.05, 0.1) is 11.8 Å². The van der Waals surface area contributed by atoms with Gasteiger partial charge in [-0.05, 0) is 37.1 Å². The summed E-state index contributed by atoms with van der Waals surface area (Å²) in [5.41, 5.74) is -0.221. The van der Waals surface area contributed by atoms with Gasteiger partial charge in [-0.15, -0.1) is 0 Å². The Morgan fingerprint density at radius 1 is 1.31 bits per heavy atom. The molecule has 1 aliphatic heterocycles. The summed E-state index contributed by atoms with van der Waals surface area (Å²) in [6, 6.07) is 7.83. The molecule has 1 unspecified atom stereocenters. The van der Waals surface area contributed by atoms with E-state index in [1.165, 1.54) is 30.3 Å². The lowest BCUT2D eigenvalue weighted by Crippen LogP contribution is -2.19. The zero-order valence-corrected chi connectivity index (χ0v) is 13.8. The Bertz CT molecular complexity index is 821. The van der Waals surface area contributed by atoms with Crippen molar-refractivity contribution in [3.8, 4) is 5.75 Å². The molecule has 0 aliphatic carbocycles. The molecule has 0 saturated carbocycles. The first-order valence-electron chi connectivity index (χ1n) is 8.08. The predicted octanol–water partition coefficient (Wildman–Crippen LogP) is 2.73. The van der Waals surface area contributed by atoms with Gasteiger partial charge in [0.25, 0.3) is 5.91 Å². The van der Waals surface area contributed by atoms with E-state index in [4.69, 9.17) is 14.6 Å². The summed E-state index contributed by atoms with van der Waals surface area (Å²) >= 11 is 0. The minimum Gasteiger partial charge on any atom is -0.489 e. The van der Waals surface area contributed by atoms with Crippen molar-refractivity contribution in [2.75, 3.05) is 18.5 Å². The second-order valence-corrected chi connectivity index (χ2v) is 5.75. The highest BCUT2D eigenvalue weighted by Crippen LogP contribution is 2.27. The van der Waals surface area contributed by atoms with E-state index in [9.17, 15) is 14.0 Å². The van der Waals surface area contributed by atoms with Crippen molar-refractivity contribution in [2.45, 2.75) is 18.9 Å². The summed E-state index contributed by atoms with van der Waals surface area (Å²) in [6.45, 7) is 0.980. The molecule has 0 spiro atoms. The van der Waals surface area contributed by atoms with Crippen LogP contribution < -0.4 is 10.1 Å². The molecule has 2 aromatic rings. The van der Waals surface area contributed by atoms with Gasteiger partial charge >= 0.3 is 5.97 Å². The van der Waals surface area contributed by atoms with Gasteiger partial charge in [-0.25, -0.2) is 14.2 Å². The van der Waals surface area contributed by atoms with Crippen LogP contribution in [0.3, 0.4) is 0 Å². The number of pyridine rings is 1. The van der Waals surface area contributed by atoms with Crippen LogP contribution in [0.4, 0.5) is 10.1 Å². The maximum Gasteiger partial charge on any atom is 0.354 e. The number of aromatic carboxylic acids is 1. The molecule has 1 amide bonds. The van der Waals surface area contributed by atoms with Crippen LogP contribution in [-0.2, 0) is 4.74 Å². The Morgan fingerprint density at radius 3 is 2.85 bits per heavy atom. The molecule has 1 aromatic heterocycles. The van der Waals surface area contributed by atoms with Crippen molar-refractivity contribution in [1.82, 2.24) is 4.98 Å². The lowest BCUT2D eigenvalue weighted by Gasteiger charge is -2.15. The molecule has 3 rings (SSSR count). The molecule has 1 saturated heterocycles. The molecular weight excluding hydrogens is 343 g/mol. The zero-order valence-electron chi connectivity index (χ0n) is 13.8. The third kappa shape index (κ3) is 4.34. The van der Waals surface area contributed by atoms with Crippen LogP contribution in [0.25, 0.3) is 0 Å². The standard InChI is InChI=1S/C18H17FN2O5/c19-11-6-7-16(26-10-12-3-2-8-25-12)15(9-11)21-17(22)13-4-1-5-14(20-13)18(23)24/h1,4-7,9,12H,2-3,8,10H2,(H,21,22)(H,23,24). The number of nitrogens with one attached hydrogen (secondary N) is 1. The molecule has 2 N–H and O–H groups in total. The summed E-state index contributed by atoms with van der Waals surface area (Å²) in [6.07, 6.45) is 1.82. The monoisotopic (exact) mass is 360 g/mol. The van der Waals surface area contributed by atoms with Crippen molar-refractivity contribution in [3.05, 3.63) is 53.6 Å². The SMILES string of the molecule is O=C(O)c1cccc(C(=O)Nc2cc(F)ccc2OCC2CCCO2)n1. The minimum absolute atomic E-state index is 0.0301. The fraction of sp³-hybridized carbons (Fsp3) is 0.278. The van der Waals surface area contributed by atoms with E-state index in [-0.39, 0.29) is 23.2 Å². The van der Waals surface area contributed by atoms with Gasteiger partial charge in [0, 0.05) is 12.7 Å². The highest BCUT2D eigenvalue weighted by molar-refractivity contribution is 6.04. The van der Waals surface area contributed by atoms with Crippen molar-refractivity contribution >= 4 is 17.6 Å². The van der Waals surface area contributed by atoms with Crippen LogP contribution in [-0.4, -0.2) is 41.3 Å². The van der Waals surface area contributed by atoms with Crippen LogP contribution in [0.5, 0.6) is 5.75 Å². The van der Waals surface area contributed by atoms with E-state index in [2.05, 4.69) is 10.3 Å². The normalized spacial score (nSPS) is 16.3. The number of anilines is 1. The summed E-state index contributed by atoms with van der Waals surface area (Å²) < 4.78 is 24.7. The lowest BCUT2D eigenvalue weighted by molar-refractivity contribution is 0.0681. The van der Waals surface area contributed by atoms with Crippen LogP contribution in [0, 0.1) is 5.82 Å². The van der Waals surface area contributed by atoms with Gasteiger partial charge < -0.3 is 19.9 Å². The number of hydrogen-bond acceptors (Lipinski definition) is 5.